The van der Waals surface area contributed by atoms with Gasteiger partial charge in [0.25, 0.3) is 0 Å². The Balaban J connectivity index is 1.29. The zero-order chi connectivity index (χ0) is 20.8. The third kappa shape index (κ3) is 5.27. The summed E-state index contributed by atoms with van der Waals surface area (Å²) in [4.78, 5) is 21.0. The van der Waals surface area contributed by atoms with Crippen LogP contribution in [0.4, 0.5) is 5.82 Å². The summed E-state index contributed by atoms with van der Waals surface area (Å²) < 4.78 is 5.37. The molecule has 3 aromatic rings. The summed E-state index contributed by atoms with van der Waals surface area (Å²) >= 11 is 7.86. The topological polar surface area (TPSA) is 54.5 Å². The van der Waals surface area contributed by atoms with Crippen LogP contribution in [0.15, 0.2) is 60.8 Å². The molecule has 0 unspecified atom stereocenters. The molecule has 2 aromatic heterocycles. The van der Waals surface area contributed by atoms with Crippen molar-refractivity contribution in [2.24, 2.45) is 0 Å². The lowest BCUT2D eigenvalue weighted by Gasteiger charge is -2.27. The van der Waals surface area contributed by atoms with Gasteiger partial charge in [-0.05, 0) is 35.9 Å². The van der Waals surface area contributed by atoms with Gasteiger partial charge in [0, 0.05) is 52.2 Å². The van der Waals surface area contributed by atoms with Gasteiger partial charge < -0.3 is 15.0 Å². The van der Waals surface area contributed by atoms with Crippen molar-refractivity contribution in [2.75, 3.05) is 31.2 Å². The molecule has 1 N–H and O–H groups in total. The number of morpholine rings is 1. The van der Waals surface area contributed by atoms with E-state index in [1.54, 1.807) is 17.4 Å². The van der Waals surface area contributed by atoms with Crippen molar-refractivity contribution in [3.63, 3.8) is 0 Å². The molecule has 0 aliphatic carbocycles. The molecule has 1 saturated heterocycles. The fourth-order valence-electron chi connectivity index (χ4n) is 3.15. The number of benzene rings is 1. The van der Waals surface area contributed by atoms with Gasteiger partial charge >= 0.3 is 0 Å². The zero-order valence-electron chi connectivity index (χ0n) is 16.4. The number of rotatable bonds is 6. The number of carbonyl (C=O) groups excluding carboxylic acids is 1. The summed E-state index contributed by atoms with van der Waals surface area (Å²) in [5, 5.41) is 3.62. The number of aromatic nitrogens is 1. The summed E-state index contributed by atoms with van der Waals surface area (Å²) in [5.41, 5.74) is 1.96. The van der Waals surface area contributed by atoms with E-state index >= 15 is 0 Å². The highest BCUT2D eigenvalue weighted by atomic mass is 35.5. The van der Waals surface area contributed by atoms with Gasteiger partial charge in [0.05, 0.1) is 13.2 Å². The van der Waals surface area contributed by atoms with Crippen LogP contribution in [-0.4, -0.2) is 37.2 Å². The molecule has 3 heterocycles. The molecular formula is C23H22ClN3O2S. The Bertz CT molecular complexity index is 1030. The molecule has 0 atom stereocenters. The number of ether oxygens (including phenoxy) is 1. The quantitative estimate of drug-likeness (QED) is 0.569. The number of pyridine rings is 1. The molecule has 0 radical (unpaired) electrons. The van der Waals surface area contributed by atoms with Crippen LogP contribution >= 0.6 is 22.9 Å². The summed E-state index contributed by atoms with van der Waals surface area (Å²) in [6.07, 6.45) is 5.18. The van der Waals surface area contributed by atoms with Gasteiger partial charge in [-0.2, -0.15) is 0 Å². The van der Waals surface area contributed by atoms with E-state index in [4.69, 9.17) is 16.3 Å². The van der Waals surface area contributed by atoms with Crippen molar-refractivity contribution in [3.05, 3.63) is 76.3 Å². The first kappa shape index (κ1) is 20.6. The van der Waals surface area contributed by atoms with E-state index in [-0.39, 0.29) is 5.91 Å². The van der Waals surface area contributed by atoms with Gasteiger partial charge in [-0.3, -0.25) is 4.79 Å². The van der Waals surface area contributed by atoms with E-state index in [9.17, 15) is 4.79 Å². The Kier molecular flexibility index (Phi) is 6.79. The maximum Gasteiger partial charge on any atom is 0.244 e. The number of halogens is 1. The molecule has 0 bridgehead atoms. The van der Waals surface area contributed by atoms with Crippen molar-refractivity contribution in [1.29, 1.82) is 0 Å². The molecule has 5 nitrogen and oxygen atoms in total. The van der Waals surface area contributed by atoms with Gasteiger partial charge in [-0.25, -0.2) is 4.98 Å². The molecule has 154 valence electrons. The van der Waals surface area contributed by atoms with Crippen LogP contribution in [0.5, 0.6) is 0 Å². The van der Waals surface area contributed by atoms with Gasteiger partial charge in [0.2, 0.25) is 5.91 Å². The van der Waals surface area contributed by atoms with Crippen LogP contribution in [0.1, 0.15) is 10.4 Å². The number of anilines is 1. The Morgan fingerprint density at radius 1 is 1.17 bits per heavy atom. The largest absolute Gasteiger partial charge is 0.378 e. The van der Waals surface area contributed by atoms with Crippen LogP contribution in [0.2, 0.25) is 5.02 Å². The zero-order valence-corrected chi connectivity index (χ0v) is 18.0. The van der Waals surface area contributed by atoms with E-state index in [0.29, 0.717) is 6.54 Å². The number of hydrogen-bond donors (Lipinski definition) is 1. The van der Waals surface area contributed by atoms with Crippen LogP contribution in [-0.2, 0) is 16.1 Å². The molecule has 0 saturated carbocycles. The van der Waals surface area contributed by atoms with E-state index in [1.807, 2.05) is 60.8 Å². The highest BCUT2D eigenvalue weighted by Gasteiger charge is 2.12. The average molecular weight is 440 g/mol. The Morgan fingerprint density at radius 2 is 2.00 bits per heavy atom. The summed E-state index contributed by atoms with van der Waals surface area (Å²) in [6, 6.07) is 15.7. The Hall–Kier alpha value is -2.67. The normalized spacial score (nSPS) is 14.2. The first-order valence-electron chi connectivity index (χ1n) is 9.77. The number of hydrogen-bond acceptors (Lipinski definition) is 5. The maximum atomic E-state index is 12.2. The lowest BCUT2D eigenvalue weighted by Crippen LogP contribution is -2.36. The van der Waals surface area contributed by atoms with E-state index in [0.717, 1.165) is 58.0 Å². The van der Waals surface area contributed by atoms with Crippen molar-refractivity contribution in [1.82, 2.24) is 10.3 Å². The SMILES string of the molecule is O=C(/C=C/c1ccc(-c2ccccc2Cl)s1)NCc1ccc(N2CCOCC2)nc1. The lowest BCUT2D eigenvalue weighted by molar-refractivity contribution is -0.116. The highest BCUT2D eigenvalue weighted by molar-refractivity contribution is 7.16. The molecular weight excluding hydrogens is 418 g/mol. The van der Waals surface area contributed by atoms with Gasteiger partial charge in [0.15, 0.2) is 0 Å². The number of carbonyl (C=O) groups is 1. The van der Waals surface area contributed by atoms with E-state index in [1.165, 1.54) is 0 Å². The summed E-state index contributed by atoms with van der Waals surface area (Å²) in [5.74, 6) is 0.806. The summed E-state index contributed by atoms with van der Waals surface area (Å²) in [7, 11) is 0. The smallest absolute Gasteiger partial charge is 0.244 e. The van der Waals surface area contributed by atoms with E-state index < -0.39 is 0 Å². The molecule has 1 fully saturated rings. The molecule has 1 amide bonds. The third-order valence-electron chi connectivity index (χ3n) is 4.78. The number of nitrogens with zero attached hydrogens (tertiary/aromatic N) is 2. The number of thiophene rings is 1. The highest BCUT2D eigenvalue weighted by Crippen LogP contribution is 2.33. The van der Waals surface area contributed by atoms with Gasteiger partial charge in [-0.15, -0.1) is 11.3 Å². The second-order valence-corrected chi connectivity index (χ2v) is 8.38. The predicted molar refractivity (Wildman–Crippen MR) is 123 cm³/mol. The lowest BCUT2D eigenvalue weighted by atomic mass is 10.2. The second kappa shape index (κ2) is 9.89. The van der Waals surface area contributed by atoms with Crippen LogP contribution in [0, 0.1) is 0 Å². The van der Waals surface area contributed by atoms with Crippen LogP contribution < -0.4 is 10.2 Å². The van der Waals surface area contributed by atoms with Crippen molar-refractivity contribution < 1.29 is 9.53 Å². The Morgan fingerprint density at radius 3 is 2.77 bits per heavy atom. The number of nitrogens with one attached hydrogen (secondary N) is 1. The summed E-state index contributed by atoms with van der Waals surface area (Å²) in [6.45, 7) is 3.62. The molecule has 0 spiro atoms. The van der Waals surface area contributed by atoms with E-state index in [2.05, 4.69) is 15.2 Å². The minimum Gasteiger partial charge on any atom is -0.378 e. The van der Waals surface area contributed by atoms with Crippen molar-refractivity contribution in [2.45, 2.75) is 6.54 Å². The molecule has 1 aliphatic heterocycles. The fraction of sp³-hybridized carbons (Fsp3) is 0.217. The predicted octanol–water partition coefficient (Wildman–Crippen LogP) is 4.63. The standard InChI is InChI=1S/C23H22ClN3O2S/c24-20-4-2-1-3-19(20)21-8-6-18(30-21)7-10-23(28)26-16-17-5-9-22(25-15-17)27-11-13-29-14-12-27/h1-10,15H,11-14,16H2,(H,26,28)/b10-7+. The van der Waals surface area contributed by atoms with Gasteiger partial charge in [0.1, 0.15) is 5.82 Å². The Labute approximate surface area is 185 Å². The fourth-order valence-corrected chi connectivity index (χ4v) is 4.40. The second-order valence-electron chi connectivity index (χ2n) is 6.86. The number of amides is 1. The molecule has 7 heteroatoms. The van der Waals surface area contributed by atoms with Crippen molar-refractivity contribution >= 4 is 40.7 Å². The monoisotopic (exact) mass is 439 g/mol. The minimum atomic E-state index is -0.139. The first-order valence-corrected chi connectivity index (χ1v) is 11.0. The van der Waals surface area contributed by atoms with Gasteiger partial charge in [-0.1, -0.05) is 35.9 Å². The molecule has 1 aliphatic rings. The molecule has 30 heavy (non-hydrogen) atoms. The first-order chi connectivity index (χ1) is 14.7. The van der Waals surface area contributed by atoms with Crippen LogP contribution in [0.3, 0.4) is 0 Å². The van der Waals surface area contributed by atoms with Crippen LogP contribution in [0.25, 0.3) is 16.5 Å². The maximum absolute atomic E-state index is 12.2. The molecule has 4 rings (SSSR count). The average Bonchev–Trinajstić information content (AvgIpc) is 3.26. The third-order valence-corrected chi connectivity index (χ3v) is 6.19. The minimum absolute atomic E-state index is 0.139. The van der Waals surface area contributed by atoms with Crippen molar-refractivity contribution in [3.8, 4) is 10.4 Å². The molecule has 1 aromatic carbocycles.